The Labute approximate surface area is 455 Å². The van der Waals surface area contributed by atoms with Gasteiger partial charge in [-0.05, 0) is 134 Å². The van der Waals surface area contributed by atoms with Crippen molar-refractivity contribution in [2.45, 2.75) is 139 Å². The van der Waals surface area contributed by atoms with Crippen molar-refractivity contribution < 1.29 is 88.2 Å². The summed E-state index contributed by atoms with van der Waals surface area (Å²) in [5, 5.41) is 66.1. The summed E-state index contributed by atoms with van der Waals surface area (Å²) in [5.74, 6) is -11.0. The molecule has 424 valence electrons. The van der Waals surface area contributed by atoms with E-state index >= 15 is 0 Å². The molecule has 2 aliphatic heterocycles. The molecule has 6 amide bonds. The highest BCUT2D eigenvalue weighted by Crippen LogP contribution is 2.46. The van der Waals surface area contributed by atoms with E-state index in [0.717, 1.165) is 9.80 Å². The molecule has 24 heteroatoms. The number of benzene rings is 5. The van der Waals surface area contributed by atoms with Crippen LogP contribution >= 0.6 is 0 Å². The Balaban J connectivity index is 1.03. The van der Waals surface area contributed by atoms with Crippen molar-refractivity contribution in [2.24, 2.45) is 11.5 Å². The highest BCUT2D eigenvalue weighted by Gasteiger charge is 2.39. The van der Waals surface area contributed by atoms with Gasteiger partial charge in [-0.25, -0.2) is 0 Å². The van der Waals surface area contributed by atoms with Crippen molar-refractivity contribution >= 4 is 114 Å². The first-order valence-corrected chi connectivity index (χ1v) is 26.3. The Bertz CT molecular complexity index is 2940. The van der Waals surface area contributed by atoms with Crippen molar-refractivity contribution in [1.82, 2.24) is 20.4 Å². The molecule has 5 aromatic carbocycles. The Morgan fingerprint density at radius 3 is 0.850 bits per heavy atom. The van der Waals surface area contributed by atoms with Gasteiger partial charge >= 0.3 is 35.8 Å². The van der Waals surface area contributed by atoms with E-state index in [-0.39, 0.29) is 112 Å². The Morgan fingerprint density at radius 2 is 0.625 bits per heavy atom. The summed E-state index contributed by atoms with van der Waals surface area (Å²) in [4.78, 5) is 154. The Morgan fingerprint density at radius 1 is 0.388 bits per heavy atom. The van der Waals surface area contributed by atoms with Crippen molar-refractivity contribution in [1.29, 1.82) is 0 Å². The average Bonchev–Trinajstić information content (AvgIpc) is 3.43. The number of fused-ring (bicyclic) bond motifs is 2. The van der Waals surface area contributed by atoms with E-state index in [1.165, 1.54) is 0 Å². The van der Waals surface area contributed by atoms with Crippen molar-refractivity contribution in [2.75, 3.05) is 13.1 Å². The van der Waals surface area contributed by atoms with Gasteiger partial charge in [0.05, 0.1) is 12.1 Å². The van der Waals surface area contributed by atoms with Crippen LogP contribution in [0.4, 0.5) is 0 Å². The number of nitrogens with zero attached hydrogens (tertiary/aromatic N) is 2. The summed E-state index contributed by atoms with van der Waals surface area (Å²) in [6.45, 7) is -0.0814. The molecule has 2 aliphatic rings. The van der Waals surface area contributed by atoms with Gasteiger partial charge < -0.3 is 52.7 Å². The zero-order valence-electron chi connectivity index (χ0n) is 43.5. The quantitative estimate of drug-likeness (QED) is 0.0119. The molecule has 0 unspecified atom stereocenters. The minimum Gasteiger partial charge on any atom is -0.481 e. The van der Waals surface area contributed by atoms with Crippen LogP contribution in [0.5, 0.6) is 0 Å². The Hall–Kier alpha value is -8.64. The number of rotatable bonds is 32. The maximum atomic E-state index is 14.2. The van der Waals surface area contributed by atoms with Gasteiger partial charge in [-0.1, -0.05) is 24.3 Å². The molecule has 24 nitrogen and oxygen atoms in total. The van der Waals surface area contributed by atoms with E-state index < -0.39 is 133 Å². The molecule has 0 radical (unpaired) electrons. The minimum atomic E-state index is -1.47. The number of carbonyl (C=O) groups excluding carboxylic acids is 6. The number of nitrogens with two attached hydrogens (primary N) is 2. The summed E-state index contributed by atoms with van der Waals surface area (Å²) in [6.07, 6.45) is -3.12. The first-order chi connectivity index (χ1) is 37.9. The molecule has 5 aromatic rings. The fraction of sp³-hybridized carbons (Fsp3) is 0.429. The number of hydrogen-bond acceptors (Lipinski definition) is 14. The van der Waals surface area contributed by atoms with Gasteiger partial charge in [0.15, 0.2) is 0 Å². The average molecular weight is 1110 g/mol. The lowest BCUT2D eigenvalue weighted by Gasteiger charge is -2.35. The molecule has 0 aromatic heterocycles. The van der Waals surface area contributed by atoms with E-state index in [9.17, 15) is 88.2 Å². The van der Waals surface area contributed by atoms with Crippen molar-refractivity contribution in [3.8, 4) is 0 Å². The maximum Gasteiger partial charge on any atom is 0.303 e. The van der Waals surface area contributed by atoms with Crippen LogP contribution in [-0.2, 0) is 38.4 Å². The molecule has 0 bridgehead atoms. The van der Waals surface area contributed by atoms with Crippen LogP contribution in [0.25, 0.3) is 43.1 Å². The molecule has 2 heterocycles. The summed E-state index contributed by atoms with van der Waals surface area (Å²) >= 11 is 0. The van der Waals surface area contributed by atoms with Crippen molar-refractivity contribution in [3.63, 3.8) is 0 Å². The number of imide groups is 2. The number of carboxylic acid groups (broad SMARTS) is 6. The molecule has 12 N–H and O–H groups in total. The van der Waals surface area contributed by atoms with Crippen LogP contribution < -0.4 is 22.1 Å². The molecule has 0 fully saturated rings. The molecule has 80 heavy (non-hydrogen) atoms. The van der Waals surface area contributed by atoms with E-state index in [2.05, 4.69) is 10.6 Å². The third kappa shape index (κ3) is 12.8. The number of unbranched alkanes of at least 4 members (excludes halogenated alkanes) is 2. The Kier molecular flexibility index (Phi) is 18.1. The van der Waals surface area contributed by atoms with Gasteiger partial charge in [-0.3, -0.25) is 67.3 Å². The summed E-state index contributed by atoms with van der Waals surface area (Å²) in [6, 6.07) is 11.2. The molecule has 0 aliphatic carbocycles. The second-order valence-electron chi connectivity index (χ2n) is 20.8. The first-order valence-electron chi connectivity index (χ1n) is 26.3. The van der Waals surface area contributed by atoms with Gasteiger partial charge in [-0.15, -0.1) is 0 Å². The minimum absolute atomic E-state index is 0.0407. The van der Waals surface area contributed by atoms with Crippen LogP contribution in [0.3, 0.4) is 0 Å². The fourth-order valence-corrected chi connectivity index (χ4v) is 11.2. The first kappa shape index (κ1) is 59.0. The zero-order valence-corrected chi connectivity index (χ0v) is 43.5. The third-order valence-corrected chi connectivity index (χ3v) is 15.5. The van der Waals surface area contributed by atoms with Gasteiger partial charge in [0.2, 0.25) is 11.8 Å². The summed E-state index contributed by atoms with van der Waals surface area (Å²) < 4.78 is 0. The highest BCUT2D eigenvalue weighted by molar-refractivity contribution is 6.41. The van der Waals surface area contributed by atoms with Gasteiger partial charge in [-0.2, -0.15) is 0 Å². The second kappa shape index (κ2) is 24.6. The molecule has 2 atom stereocenters. The van der Waals surface area contributed by atoms with E-state index in [1.807, 2.05) is 0 Å². The highest BCUT2D eigenvalue weighted by atomic mass is 16.4. The monoisotopic (exact) mass is 1110 g/mol. The van der Waals surface area contributed by atoms with Crippen LogP contribution in [0.1, 0.15) is 157 Å². The number of carbonyl (C=O) groups is 12. The third-order valence-electron chi connectivity index (χ3n) is 15.5. The number of aliphatic carboxylic acids is 6. The predicted octanol–water partition coefficient (Wildman–Crippen LogP) is 4.82. The van der Waals surface area contributed by atoms with Gasteiger partial charge in [0, 0.05) is 95.7 Å². The summed E-state index contributed by atoms with van der Waals surface area (Å²) in [7, 11) is 0. The van der Waals surface area contributed by atoms with Crippen LogP contribution in [-0.4, -0.2) is 148 Å². The second-order valence-corrected chi connectivity index (χ2v) is 20.8. The molecule has 0 saturated carbocycles. The molecular formula is C56H62N6O18. The standard InChI is InChI=1S/C56H62N6O18/c57-37(49(75)59-55(21-15-39(63)64,22-16-40(65)66)23-17-41(67)68)5-1-3-27-61-51(77)33-11-7-29-31-9-13-35-48-36(14-10-32(46(31)48)30-8-12-34(52(61)78)47(33)45(29)30)54(80)62(53(35)79)28-4-2-6-38(58)50(76)60-56(24-18-42(69)70,25-19-43(71)72)26-20-44(73)74/h7-14,37-38H,1-6,15-28,57-58H2,(H,59,75)(H,60,76)(H,63,64)(H,65,66)(H,67,68)(H,69,70)(H,71,72)(H,73,74)/t37-,38-/m0/s1. The molecule has 0 saturated heterocycles. The number of carboxylic acids is 6. The topological polar surface area (TPSA) is 409 Å². The number of nitrogens with one attached hydrogen (secondary N) is 2. The van der Waals surface area contributed by atoms with E-state index in [0.29, 0.717) is 43.1 Å². The normalized spacial score (nSPS) is 14.3. The van der Waals surface area contributed by atoms with E-state index in [4.69, 9.17) is 11.5 Å². The SMILES string of the molecule is N[C@@H](CCCCN1C(=O)c2ccc3c4ccc5c6c(ccc(c7ccc(c2c37)C1=O)c64)C(=O)N(CCCC[C@H](N)C(=O)NC(CCC(=O)O)(CCC(=O)O)CCC(=O)O)C5=O)C(=O)NC(CCC(=O)O)(CCC(=O)O)CCC(=O)O. The van der Waals surface area contributed by atoms with Crippen LogP contribution in [0, 0.1) is 0 Å². The van der Waals surface area contributed by atoms with Crippen LogP contribution in [0.15, 0.2) is 48.5 Å². The fourth-order valence-electron chi connectivity index (χ4n) is 11.2. The number of hydrogen-bond donors (Lipinski definition) is 10. The van der Waals surface area contributed by atoms with E-state index in [1.54, 1.807) is 48.5 Å². The van der Waals surface area contributed by atoms with Crippen molar-refractivity contribution in [3.05, 3.63) is 70.8 Å². The summed E-state index contributed by atoms with van der Waals surface area (Å²) in [5.41, 5.74) is 10.6. The largest absolute Gasteiger partial charge is 0.481 e. The lowest BCUT2D eigenvalue weighted by Crippen LogP contribution is -2.54. The zero-order chi connectivity index (χ0) is 58.4. The molecule has 0 spiro atoms. The maximum absolute atomic E-state index is 14.2. The lowest BCUT2D eigenvalue weighted by molar-refractivity contribution is -0.141. The predicted molar refractivity (Wildman–Crippen MR) is 285 cm³/mol. The lowest BCUT2D eigenvalue weighted by atomic mass is 9.82. The van der Waals surface area contributed by atoms with Crippen LogP contribution in [0.2, 0.25) is 0 Å². The molecular weight excluding hydrogens is 1040 g/mol. The number of amides is 6. The molecule has 7 rings (SSSR count). The van der Waals surface area contributed by atoms with Gasteiger partial charge in [0.25, 0.3) is 23.6 Å². The van der Waals surface area contributed by atoms with Gasteiger partial charge in [0.1, 0.15) is 0 Å². The smallest absolute Gasteiger partial charge is 0.303 e.